The molecule has 2 aliphatic rings. The number of hydrogen-bond acceptors (Lipinski definition) is 5. The molecule has 1 fully saturated rings. The third-order valence-electron chi connectivity index (χ3n) is 6.19. The van der Waals surface area contributed by atoms with Crippen molar-refractivity contribution in [3.05, 3.63) is 64.8 Å². The summed E-state index contributed by atoms with van der Waals surface area (Å²) in [6, 6.07) is 11.8. The lowest BCUT2D eigenvalue weighted by molar-refractivity contribution is 0.103. The van der Waals surface area contributed by atoms with Gasteiger partial charge in [-0.25, -0.2) is 4.98 Å². The maximum Gasteiger partial charge on any atom is 0.213 e. The number of rotatable bonds is 4. The van der Waals surface area contributed by atoms with E-state index in [1.54, 1.807) is 13.3 Å². The van der Waals surface area contributed by atoms with Gasteiger partial charge in [0.25, 0.3) is 0 Å². The first-order valence-electron chi connectivity index (χ1n) is 10.5. The fourth-order valence-electron chi connectivity index (χ4n) is 4.64. The van der Waals surface area contributed by atoms with Crippen LogP contribution in [0, 0.1) is 0 Å². The molecule has 1 unspecified atom stereocenters. The van der Waals surface area contributed by atoms with E-state index in [-0.39, 0.29) is 12.2 Å². The summed E-state index contributed by atoms with van der Waals surface area (Å²) in [6.07, 6.45) is 7.61. The van der Waals surface area contributed by atoms with Gasteiger partial charge in [-0.2, -0.15) is 0 Å². The zero-order valence-electron chi connectivity index (χ0n) is 17.0. The van der Waals surface area contributed by atoms with Crippen molar-refractivity contribution in [2.45, 2.75) is 56.7 Å². The second-order valence-electron chi connectivity index (χ2n) is 8.11. The van der Waals surface area contributed by atoms with Gasteiger partial charge < -0.3 is 9.47 Å². The Kier molecular flexibility index (Phi) is 5.44. The summed E-state index contributed by atoms with van der Waals surface area (Å²) >= 11 is 6.29. The van der Waals surface area contributed by atoms with Crippen molar-refractivity contribution in [2.24, 2.45) is 0 Å². The minimum atomic E-state index is 0.0722. The number of aromatic nitrogens is 4. The lowest BCUT2D eigenvalue weighted by Crippen LogP contribution is -2.25. The van der Waals surface area contributed by atoms with Crippen LogP contribution in [0.25, 0.3) is 5.69 Å². The quantitative estimate of drug-likeness (QED) is 0.615. The van der Waals surface area contributed by atoms with Crippen molar-refractivity contribution in [3.8, 4) is 11.6 Å². The van der Waals surface area contributed by atoms with Gasteiger partial charge in [-0.1, -0.05) is 17.7 Å². The molecule has 0 N–H and O–H groups in total. The van der Waals surface area contributed by atoms with Gasteiger partial charge in [-0.05, 0) is 55.5 Å². The third kappa shape index (κ3) is 3.82. The van der Waals surface area contributed by atoms with Crippen molar-refractivity contribution >= 4 is 11.6 Å². The smallest absolute Gasteiger partial charge is 0.213 e. The van der Waals surface area contributed by atoms with Gasteiger partial charge in [0.05, 0.1) is 11.8 Å². The second kappa shape index (κ2) is 8.36. The van der Waals surface area contributed by atoms with Crippen LogP contribution in [0.5, 0.6) is 5.88 Å². The van der Waals surface area contributed by atoms with E-state index < -0.39 is 0 Å². The van der Waals surface area contributed by atoms with Crippen molar-refractivity contribution in [3.63, 3.8) is 0 Å². The van der Waals surface area contributed by atoms with E-state index in [1.165, 1.54) is 5.56 Å². The average molecular weight is 425 g/mol. The first-order valence-corrected chi connectivity index (χ1v) is 10.9. The van der Waals surface area contributed by atoms with Crippen molar-refractivity contribution < 1.29 is 9.47 Å². The number of benzene rings is 1. The largest absolute Gasteiger partial charge is 0.474 e. The number of methoxy groups -OCH3 is 1. The monoisotopic (exact) mass is 424 g/mol. The molecule has 5 rings (SSSR count). The lowest BCUT2D eigenvalue weighted by atomic mass is 9.86. The van der Waals surface area contributed by atoms with Crippen LogP contribution < -0.4 is 4.74 Å². The van der Waals surface area contributed by atoms with E-state index in [0.29, 0.717) is 11.8 Å². The second-order valence-corrected chi connectivity index (χ2v) is 8.54. The summed E-state index contributed by atoms with van der Waals surface area (Å²) in [6.45, 7) is 0. The highest BCUT2D eigenvalue weighted by atomic mass is 35.5. The highest BCUT2D eigenvalue weighted by Crippen LogP contribution is 2.37. The van der Waals surface area contributed by atoms with Gasteiger partial charge in [0.15, 0.2) is 0 Å². The van der Waals surface area contributed by atoms with E-state index in [4.69, 9.17) is 21.1 Å². The molecular formula is C23H25ClN4O2. The molecule has 0 spiro atoms. The summed E-state index contributed by atoms with van der Waals surface area (Å²) < 4.78 is 14.0. The highest BCUT2D eigenvalue weighted by Gasteiger charge is 2.31. The van der Waals surface area contributed by atoms with Crippen LogP contribution in [0.3, 0.4) is 0 Å². The maximum atomic E-state index is 6.29. The molecule has 3 heterocycles. The third-order valence-corrected chi connectivity index (χ3v) is 6.43. The highest BCUT2D eigenvalue weighted by molar-refractivity contribution is 6.30. The van der Waals surface area contributed by atoms with Gasteiger partial charge in [0, 0.05) is 43.2 Å². The van der Waals surface area contributed by atoms with Crippen molar-refractivity contribution in [2.75, 3.05) is 7.11 Å². The molecule has 3 aromatic rings. The molecule has 1 atom stereocenters. The molecule has 0 radical (unpaired) electrons. The zero-order valence-corrected chi connectivity index (χ0v) is 17.8. The number of ether oxygens (including phenoxy) is 2. The molecular weight excluding hydrogens is 400 g/mol. The standard InChI is InChI=1S/C23H25ClN4O2/c1-29-19-13-16-12-17(24)7-10-20(16)28-21(14-19)26-27-23(28)15-5-8-18(9-6-15)30-22-4-2-3-11-25-22/h2-4,7,10-12,15,18-19H,5-6,8-9,13-14H2,1H3/t15-,18-,19?. The molecule has 0 amide bonds. The predicted octanol–water partition coefficient (Wildman–Crippen LogP) is 4.53. The van der Waals surface area contributed by atoms with Gasteiger partial charge >= 0.3 is 0 Å². The average Bonchev–Trinajstić information content (AvgIpc) is 3.11. The van der Waals surface area contributed by atoms with Crippen LogP contribution in [-0.4, -0.2) is 39.1 Å². The summed E-state index contributed by atoms with van der Waals surface area (Å²) in [5.74, 6) is 3.07. The lowest BCUT2D eigenvalue weighted by Gasteiger charge is -2.28. The Hall–Kier alpha value is -2.44. The maximum absolute atomic E-state index is 6.29. The molecule has 1 aliphatic heterocycles. The molecule has 0 saturated heterocycles. The SMILES string of the molecule is COC1Cc2cc(Cl)ccc2-n2c(nnc2[C@H]2CC[C@H](Oc3ccccn3)CC2)C1. The van der Waals surface area contributed by atoms with Gasteiger partial charge in [0.2, 0.25) is 5.88 Å². The molecule has 156 valence electrons. The zero-order chi connectivity index (χ0) is 20.5. The van der Waals surface area contributed by atoms with Crippen LogP contribution in [-0.2, 0) is 17.6 Å². The van der Waals surface area contributed by atoms with E-state index in [0.717, 1.165) is 60.9 Å². The normalized spacial score (nSPS) is 23.3. The van der Waals surface area contributed by atoms with Crippen LogP contribution in [0.2, 0.25) is 5.02 Å². The van der Waals surface area contributed by atoms with Crippen molar-refractivity contribution in [1.29, 1.82) is 0 Å². The Labute approximate surface area is 181 Å². The van der Waals surface area contributed by atoms with Gasteiger partial charge in [-0.15, -0.1) is 10.2 Å². The Morgan fingerprint density at radius 3 is 2.63 bits per heavy atom. The Morgan fingerprint density at radius 2 is 1.87 bits per heavy atom. The van der Waals surface area contributed by atoms with Gasteiger partial charge in [0.1, 0.15) is 17.8 Å². The van der Waals surface area contributed by atoms with E-state index in [1.807, 2.05) is 30.3 Å². The molecule has 30 heavy (non-hydrogen) atoms. The van der Waals surface area contributed by atoms with E-state index >= 15 is 0 Å². The number of hydrogen-bond donors (Lipinski definition) is 0. The van der Waals surface area contributed by atoms with Gasteiger partial charge in [-0.3, -0.25) is 4.57 Å². The van der Waals surface area contributed by atoms with Crippen LogP contribution in [0.15, 0.2) is 42.6 Å². The molecule has 0 bridgehead atoms. The number of pyridine rings is 1. The minimum Gasteiger partial charge on any atom is -0.474 e. The Morgan fingerprint density at radius 1 is 1.00 bits per heavy atom. The Bertz CT molecular complexity index is 1020. The van der Waals surface area contributed by atoms with Crippen LogP contribution in [0.4, 0.5) is 0 Å². The first-order chi connectivity index (χ1) is 14.7. The number of halogens is 1. The van der Waals surface area contributed by atoms with Crippen LogP contribution >= 0.6 is 11.6 Å². The fraction of sp³-hybridized carbons (Fsp3) is 0.435. The Balaban J connectivity index is 1.39. The van der Waals surface area contributed by atoms with E-state index in [2.05, 4.69) is 25.8 Å². The summed E-state index contributed by atoms with van der Waals surface area (Å²) in [5.41, 5.74) is 2.31. The first kappa shape index (κ1) is 19.5. The molecule has 6 nitrogen and oxygen atoms in total. The molecule has 1 saturated carbocycles. The van der Waals surface area contributed by atoms with Crippen LogP contribution in [0.1, 0.15) is 48.8 Å². The van der Waals surface area contributed by atoms with Crippen molar-refractivity contribution in [1.82, 2.24) is 19.7 Å². The molecule has 1 aliphatic carbocycles. The molecule has 1 aromatic carbocycles. The number of fused-ring (bicyclic) bond motifs is 3. The molecule has 2 aromatic heterocycles. The number of nitrogens with zero attached hydrogens (tertiary/aromatic N) is 4. The molecule has 7 heteroatoms. The van der Waals surface area contributed by atoms with E-state index in [9.17, 15) is 0 Å². The topological polar surface area (TPSA) is 62.1 Å². The summed E-state index contributed by atoms with van der Waals surface area (Å²) in [7, 11) is 1.75. The minimum absolute atomic E-state index is 0.0722. The fourth-order valence-corrected chi connectivity index (χ4v) is 4.83. The summed E-state index contributed by atoms with van der Waals surface area (Å²) in [5, 5.41) is 9.93. The summed E-state index contributed by atoms with van der Waals surface area (Å²) in [4.78, 5) is 4.29. The predicted molar refractivity (Wildman–Crippen MR) is 114 cm³/mol.